The summed E-state index contributed by atoms with van der Waals surface area (Å²) in [6.45, 7) is 19.4. The predicted octanol–water partition coefficient (Wildman–Crippen LogP) is 5.12. The Morgan fingerprint density at radius 1 is 1.20 bits per heavy atom. The van der Waals surface area contributed by atoms with Gasteiger partial charge in [-0.25, -0.2) is 0 Å². The molecule has 0 aromatic carbocycles. The molecule has 3 heteroatoms. The molecule has 0 spiro atoms. The number of aldehydes is 1. The van der Waals surface area contributed by atoms with Crippen LogP contribution >= 0.6 is 0 Å². The monoisotopic (exact) mass is 296 g/mol. The number of allylic oxidation sites excluding steroid dienone is 2. The fourth-order valence-electron chi connectivity index (χ4n) is 1.81. The molecule has 0 unspecified atom stereocenters. The molecule has 116 valence electrons. The summed E-state index contributed by atoms with van der Waals surface area (Å²) in [4.78, 5) is 10.8. The minimum absolute atomic E-state index is 0.0517. The van der Waals surface area contributed by atoms with Gasteiger partial charge in [0.2, 0.25) is 0 Å². The highest BCUT2D eigenvalue weighted by atomic mass is 28.4. The Balaban J connectivity index is 5.36. The number of carbonyl (C=O) groups is 1. The molecule has 0 N–H and O–H groups in total. The van der Waals surface area contributed by atoms with Gasteiger partial charge in [0.15, 0.2) is 8.32 Å². The molecular weight excluding hydrogens is 264 g/mol. The molecule has 0 aliphatic rings. The summed E-state index contributed by atoms with van der Waals surface area (Å²) in [5, 5.41) is 0.183. The van der Waals surface area contributed by atoms with Gasteiger partial charge in [0, 0.05) is 5.92 Å². The second-order valence-corrected chi connectivity index (χ2v) is 12.0. The molecule has 2 nitrogen and oxygen atoms in total. The van der Waals surface area contributed by atoms with E-state index in [0.717, 1.165) is 11.9 Å². The van der Waals surface area contributed by atoms with E-state index in [9.17, 15) is 4.79 Å². The van der Waals surface area contributed by atoms with Crippen molar-refractivity contribution in [1.82, 2.24) is 0 Å². The van der Waals surface area contributed by atoms with Crippen LogP contribution in [0.5, 0.6) is 0 Å². The zero-order valence-corrected chi connectivity index (χ0v) is 15.7. The molecule has 0 aromatic heterocycles. The van der Waals surface area contributed by atoms with E-state index >= 15 is 0 Å². The lowest BCUT2D eigenvalue weighted by Gasteiger charge is -2.41. The molecule has 0 rings (SSSR count). The Bertz CT molecular complexity index is 386. The van der Waals surface area contributed by atoms with Crippen molar-refractivity contribution in [1.29, 1.82) is 0 Å². The van der Waals surface area contributed by atoms with E-state index < -0.39 is 8.32 Å². The molecule has 0 aliphatic heterocycles. The van der Waals surface area contributed by atoms with Crippen molar-refractivity contribution >= 4 is 14.6 Å². The maximum absolute atomic E-state index is 10.8. The van der Waals surface area contributed by atoms with E-state index in [-0.39, 0.29) is 17.1 Å². The molecule has 0 saturated carbocycles. The maximum atomic E-state index is 10.8. The molecule has 0 saturated heterocycles. The average Bonchev–Trinajstić information content (AvgIpc) is 2.33. The lowest BCUT2D eigenvalue weighted by atomic mass is 9.96. The van der Waals surface area contributed by atoms with Gasteiger partial charge in [-0.05, 0) is 50.0 Å². The van der Waals surface area contributed by atoms with E-state index in [1.165, 1.54) is 5.57 Å². The Morgan fingerprint density at radius 3 is 2.05 bits per heavy atom. The standard InChI is InChI=1S/C17H32O2Si/c1-10-14(3)16(15(4)11-13(2)12-18)19-20(8,9)17(5,6)7/h10-12,15-16H,1-9H3/b13-11-,14-10+/t15-,16+/m1/s1. The molecule has 0 bridgehead atoms. The second kappa shape index (κ2) is 7.37. The summed E-state index contributed by atoms with van der Waals surface area (Å²) >= 11 is 0. The molecule has 0 aliphatic carbocycles. The lowest BCUT2D eigenvalue weighted by molar-refractivity contribution is -0.104. The first kappa shape index (κ1) is 19.3. The largest absolute Gasteiger partial charge is 0.410 e. The third-order valence-electron chi connectivity index (χ3n) is 4.32. The van der Waals surface area contributed by atoms with Crippen molar-refractivity contribution in [3.05, 3.63) is 23.3 Å². The van der Waals surface area contributed by atoms with E-state index in [0.29, 0.717) is 0 Å². The van der Waals surface area contributed by atoms with Crippen LogP contribution in [0.4, 0.5) is 0 Å². The summed E-state index contributed by atoms with van der Waals surface area (Å²) in [7, 11) is -1.83. The molecule has 2 atom stereocenters. The van der Waals surface area contributed by atoms with Gasteiger partial charge in [0.1, 0.15) is 6.29 Å². The van der Waals surface area contributed by atoms with Crippen LogP contribution < -0.4 is 0 Å². The molecular formula is C17H32O2Si. The van der Waals surface area contributed by atoms with Crippen LogP contribution in [0.25, 0.3) is 0 Å². The normalized spacial score (nSPS) is 17.9. The summed E-state index contributed by atoms with van der Waals surface area (Å²) in [6, 6.07) is 0. The fraction of sp³-hybridized carbons (Fsp3) is 0.706. The van der Waals surface area contributed by atoms with Crippen molar-refractivity contribution < 1.29 is 9.22 Å². The molecule has 0 radical (unpaired) electrons. The first-order valence-electron chi connectivity index (χ1n) is 7.40. The molecule has 0 aromatic rings. The Hall–Kier alpha value is -0.673. The van der Waals surface area contributed by atoms with E-state index in [2.05, 4.69) is 53.8 Å². The highest BCUT2D eigenvalue weighted by molar-refractivity contribution is 6.74. The third-order valence-corrected chi connectivity index (χ3v) is 8.78. The van der Waals surface area contributed by atoms with Gasteiger partial charge in [0.05, 0.1) is 6.10 Å². The molecule has 0 fully saturated rings. The van der Waals surface area contributed by atoms with Crippen LogP contribution in [0.15, 0.2) is 23.3 Å². The second-order valence-electron chi connectivity index (χ2n) is 7.22. The van der Waals surface area contributed by atoms with Crippen LogP contribution in [0.2, 0.25) is 18.1 Å². The van der Waals surface area contributed by atoms with Crippen molar-refractivity contribution in [2.45, 2.75) is 72.7 Å². The predicted molar refractivity (Wildman–Crippen MR) is 90.5 cm³/mol. The first-order valence-corrected chi connectivity index (χ1v) is 10.3. The van der Waals surface area contributed by atoms with Gasteiger partial charge in [0.25, 0.3) is 0 Å². The van der Waals surface area contributed by atoms with E-state index in [1.807, 2.05) is 19.9 Å². The summed E-state index contributed by atoms with van der Waals surface area (Å²) in [5.41, 5.74) is 2.00. The van der Waals surface area contributed by atoms with Crippen molar-refractivity contribution in [2.75, 3.05) is 0 Å². The maximum Gasteiger partial charge on any atom is 0.192 e. The van der Waals surface area contributed by atoms with Crippen LogP contribution in [0.3, 0.4) is 0 Å². The number of hydrogen-bond donors (Lipinski definition) is 0. The van der Waals surface area contributed by atoms with Gasteiger partial charge in [-0.1, -0.05) is 39.8 Å². The SMILES string of the molecule is C/C=C(\C)[C@H](O[Si](C)(C)C(C)(C)C)[C@H](C)/C=C(/C)C=O. The number of hydrogen-bond acceptors (Lipinski definition) is 2. The zero-order valence-electron chi connectivity index (χ0n) is 14.7. The van der Waals surface area contributed by atoms with Crippen LogP contribution in [0.1, 0.15) is 48.5 Å². The van der Waals surface area contributed by atoms with Gasteiger partial charge >= 0.3 is 0 Å². The quantitative estimate of drug-likeness (QED) is 0.294. The number of rotatable bonds is 6. The summed E-state index contributed by atoms with van der Waals surface area (Å²) < 4.78 is 6.57. The Morgan fingerprint density at radius 2 is 1.70 bits per heavy atom. The third kappa shape index (κ3) is 5.37. The van der Waals surface area contributed by atoms with Gasteiger partial charge in [-0.15, -0.1) is 0 Å². The van der Waals surface area contributed by atoms with Crippen molar-refractivity contribution in [3.8, 4) is 0 Å². The summed E-state index contributed by atoms with van der Waals surface area (Å²) in [5.74, 6) is 0.200. The van der Waals surface area contributed by atoms with Gasteiger partial charge in [-0.2, -0.15) is 0 Å². The van der Waals surface area contributed by atoms with E-state index in [4.69, 9.17) is 4.43 Å². The van der Waals surface area contributed by atoms with Crippen LogP contribution in [-0.2, 0) is 9.22 Å². The number of carbonyl (C=O) groups excluding carboxylic acids is 1. The smallest absolute Gasteiger partial charge is 0.192 e. The highest BCUT2D eigenvalue weighted by Gasteiger charge is 2.40. The fourth-order valence-corrected chi connectivity index (χ4v) is 3.20. The average molecular weight is 297 g/mol. The highest BCUT2D eigenvalue weighted by Crippen LogP contribution is 2.39. The zero-order chi connectivity index (χ0) is 16.1. The lowest BCUT2D eigenvalue weighted by Crippen LogP contribution is -2.45. The van der Waals surface area contributed by atoms with Crippen molar-refractivity contribution in [3.63, 3.8) is 0 Å². The molecule has 0 heterocycles. The van der Waals surface area contributed by atoms with Gasteiger partial charge in [-0.3, -0.25) is 4.79 Å². The first-order chi connectivity index (χ1) is 8.96. The van der Waals surface area contributed by atoms with Crippen LogP contribution in [0, 0.1) is 5.92 Å². The minimum atomic E-state index is -1.83. The van der Waals surface area contributed by atoms with Crippen LogP contribution in [-0.4, -0.2) is 20.7 Å². The summed E-state index contributed by atoms with van der Waals surface area (Å²) in [6.07, 6.45) is 5.08. The van der Waals surface area contributed by atoms with E-state index in [1.54, 1.807) is 0 Å². The Labute approximate surface area is 126 Å². The van der Waals surface area contributed by atoms with Gasteiger partial charge < -0.3 is 4.43 Å². The van der Waals surface area contributed by atoms with Crippen molar-refractivity contribution in [2.24, 2.45) is 5.92 Å². The Kier molecular flexibility index (Phi) is 7.12. The topological polar surface area (TPSA) is 26.3 Å². The molecule has 20 heavy (non-hydrogen) atoms. The molecule has 0 amide bonds. The minimum Gasteiger partial charge on any atom is -0.410 e.